The molecular formula is C9H17NS. The number of nitrogens with one attached hydrogen (secondary N) is 1. The second-order valence-electron chi connectivity index (χ2n) is 2.88. The minimum absolute atomic E-state index is 0.630. The van der Waals surface area contributed by atoms with E-state index in [1.54, 1.807) is 0 Å². The predicted octanol–water partition coefficient (Wildman–Crippen LogP) is 2.39. The van der Waals surface area contributed by atoms with Crippen LogP contribution in [0.4, 0.5) is 0 Å². The molecule has 1 nitrogen and oxygen atoms in total. The van der Waals surface area contributed by atoms with Crippen LogP contribution < -0.4 is 5.32 Å². The van der Waals surface area contributed by atoms with Crippen molar-refractivity contribution in [3.8, 4) is 0 Å². The van der Waals surface area contributed by atoms with Gasteiger partial charge < -0.3 is 5.32 Å². The Morgan fingerprint density at radius 3 is 2.91 bits per heavy atom. The molecule has 0 spiro atoms. The number of hydrogen-bond acceptors (Lipinski definition) is 2. The van der Waals surface area contributed by atoms with Crippen LogP contribution in [0.2, 0.25) is 0 Å². The van der Waals surface area contributed by atoms with Crippen LogP contribution in [0, 0.1) is 0 Å². The fourth-order valence-corrected chi connectivity index (χ4v) is 2.60. The quantitative estimate of drug-likeness (QED) is 0.697. The second-order valence-corrected chi connectivity index (χ2v) is 4.03. The molecule has 1 aliphatic rings. The second kappa shape index (κ2) is 4.83. The highest BCUT2D eigenvalue weighted by atomic mass is 32.2. The molecular weight excluding hydrogens is 154 g/mol. The van der Waals surface area contributed by atoms with Crippen LogP contribution in [0.3, 0.4) is 0 Å². The van der Waals surface area contributed by atoms with Crippen LogP contribution in [-0.2, 0) is 0 Å². The van der Waals surface area contributed by atoms with Crippen molar-refractivity contribution in [2.24, 2.45) is 0 Å². The van der Waals surface area contributed by atoms with Crippen molar-refractivity contribution in [2.75, 3.05) is 6.54 Å². The maximum absolute atomic E-state index is 3.47. The summed E-state index contributed by atoms with van der Waals surface area (Å²) in [5.74, 6) is 0. The van der Waals surface area contributed by atoms with Gasteiger partial charge in [-0.1, -0.05) is 26.3 Å². The molecule has 2 heteroatoms. The zero-order valence-corrected chi connectivity index (χ0v) is 8.16. The molecule has 0 amide bonds. The maximum Gasteiger partial charge on any atom is 0.0381 e. The largest absolute Gasteiger partial charge is 0.310 e. The van der Waals surface area contributed by atoms with E-state index in [0.29, 0.717) is 6.04 Å². The van der Waals surface area contributed by atoms with E-state index < -0.39 is 0 Å². The molecule has 1 aliphatic heterocycles. The van der Waals surface area contributed by atoms with E-state index in [1.807, 2.05) is 11.8 Å². The molecule has 0 fully saturated rings. The molecule has 64 valence electrons. The minimum atomic E-state index is 0.630. The molecule has 2 atom stereocenters. The van der Waals surface area contributed by atoms with Gasteiger partial charge in [0.1, 0.15) is 0 Å². The first-order valence-corrected chi connectivity index (χ1v) is 5.38. The number of likely N-dealkylation sites (N-methyl/N-ethyl adjacent to an activating group) is 1. The molecule has 0 saturated carbocycles. The lowest BCUT2D eigenvalue weighted by molar-refractivity contribution is 0.568. The lowest BCUT2D eigenvalue weighted by Crippen LogP contribution is -2.33. The van der Waals surface area contributed by atoms with E-state index in [9.17, 15) is 0 Å². The Morgan fingerprint density at radius 2 is 2.27 bits per heavy atom. The zero-order valence-electron chi connectivity index (χ0n) is 7.34. The average Bonchev–Trinajstić information content (AvgIpc) is 2.39. The molecule has 1 rings (SSSR count). The molecule has 1 N–H and O–H groups in total. The van der Waals surface area contributed by atoms with Crippen LogP contribution >= 0.6 is 11.8 Å². The minimum Gasteiger partial charge on any atom is -0.310 e. The van der Waals surface area contributed by atoms with Gasteiger partial charge in [-0.15, -0.1) is 11.8 Å². The Hall–Kier alpha value is 0.0500. The van der Waals surface area contributed by atoms with Crippen molar-refractivity contribution >= 4 is 11.8 Å². The summed E-state index contributed by atoms with van der Waals surface area (Å²) < 4.78 is 0. The summed E-state index contributed by atoms with van der Waals surface area (Å²) in [5.41, 5.74) is 0. The predicted molar refractivity (Wildman–Crippen MR) is 52.9 cm³/mol. The summed E-state index contributed by atoms with van der Waals surface area (Å²) in [7, 11) is 0. The third-order valence-electron chi connectivity index (χ3n) is 1.95. The Labute approximate surface area is 73.6 Å². The molecule has 2 unspecified atom stereocenters. The summed E-state index contributed by atoms with van der Waals surface area (Å²) in [6.45, 7) is 5.50. The standard InChI is InChI=1S/C9H17NS/c1-3-5-9-8(10-4-2)6-7-11-9/h6-10H,3-5H2,1-2H3. The molecule has 11 heavy (non-hydrogen) atoms. The van der Waals surface area contributed by atoms with Gasteiger partial charge in [0.05, 0.1) is 0 Å². The van der Waals surface area contributed by atoms with Gasteiger partial charge in [-0.25, -0.2) is 0 Å². The summed E-state index contributed by atoms with van der Waals surface area (Å²) in [4.78, 5) is 0. The van der Waals surface area contributed by atoms with Crippen LogP contribution in [0.1, 0.15) is 26.7 Å². The fraction of sp³-hybridized carbons (Fsp3) is 0.778. The molecule has 1 heterocycles. The topological polar surface area (TPSA) is 12.0 Å². The van der Waals surface area contributed by atoms with Crippen LogP contribution in [0.15, 0.2) is 11.5 Å². The van der Waals surface area contributed by atoms with Gasteiger partial charge >= 0.3 is 0 Å². The first-order valence-electron chi connectivity index (χ1n) is 4.44. The van der Waals surface area contributed by atoms with E-state index in [2.05, 4.69) is 30.6 Å². The van der Waals surface area contributed by atoms with Crippen molar-refractivity contribution < 1.29 is 0 Å². The van der Waals surface area contributed by atoms with Gasteiger partial charge in [0.15, 0.2) is 0 Å². The Morgan fingerprint density at radius 1 is 1.45 bits per heavy atom. The molecule has 0 aromatic heterocycles. The smallest absolute Gasteiger partial charge is 0.0381 e. The normalized spacial score (nSPS) is 29.6. The number of hydrogen-bond donors (Lipinski definition) is 1. The van der Waals surface area contributed by atoms with E-state index in [4.69, 9.17) is 0 Å². The summed E-state index contributed by atoms with van der Waals surface area (Å²) in [6, 6.07) is 0.630. The van der Waals surface area contributed by atoms with Crippen molar-refractivity contribution in [1.82, 2.24) is 5.32 Å². The lowest BCUT2D eigenvalue weighted by Gasteiger charge is -2.17. The van der Waals surface area contributed by atoms with E-state index in [-0.39, 0.29) is 0 Å². The van der Waals surface area contributed by atoms with Gasteiger partial charge in [0, 0.05) is 11.3 Å². The van der Waals surface area contributed by atoms with Crippen LogP contribution in [-0.4, -0.2) is 17.8 Å². The molecule has 0 saturated heterocycles. The van der Waals surface area contributed by atoms with E-state index >= 15 is 0 Å². The molecule has 0 aromatic rings. The van der Waals surface area contributed by atoms with E-state index in [0.717, 1.165) is 11.8 Å². The van der Waals surface area contributed by atoms with Gasteiger partial charge in [0.25, 0.3) is 0 Å². The third-order valence-corrected chi connectivity index (χ3v) is 3.15. The SMILES string of the molecule is CCCC1SC=CC1NCC. The molecule has 0 radical (unpaired) electrons. The highest BCUT2D eigenvalue weighted by Gasteiger charge is 2.20. The van der Waals surface area contributed by atoms with E-state index in [1.165, 1.54) is 12.8 Å². The molecule has 0 bridgehead atoms. The lowest BCUT2D eigenvalue weighted by atomic mass is 10.1. The first kappa shape index (κ1) is 9.14. The van der Waals surface area contributed by atoms with Crippen LogP contribution in [0.25, 0.3) is 0 Å². The van der Waals surface area contributed by atoms with Gasteiger partial charge in [-0.2, -0.15) is 0 Å². The first-order chi connectivity index (χ1) is 5.38. The zero-order chi connectivity index (χ0) is 8.10. The average molecular weight is 171 g/mol. The third kappa shape index (κ3) is 2.53. The number of rotatable bonds is 4. The van der Waals surface area contributed by atoms with Crippen molar-refractivity contribution in [1.29, 1.82) is 0 Å². The maximum atomic E-state index is 3.47. The van der Waals surface area contributed by atoms with Crippen LogP contribution in [0.5, 0.6) is 0 Å². The Bertz CT molecular complexity index is 134. The highest BCUT2D eigenvalue weighted by Crippen LogP contribution is 2.27. The van der Waals surface area contributed by atoms with Crippen molar-refractivity contribution in [3.63, 3.8) is 0 Å². The van der Waals surface area contributed by atoms with Gasteiger partial charge in [-0.05, 0) is 18.4 Å². The van der Waals surface area contributed by atoms with Gasteiger partial charge in [-0.3, -0.25) is 0 Å². The summed E-state index contributed by atoms with van der Waals surface area (Å²) >= 11 is 1.97. The molecule has 0 aromatic carbocycles. The monoisotopic (exact) mass is 171 g/mol. The van der Waals surface area contributed by atoms with Crippen molar-refractivity contribution in [2.45, 2.75) is 38.0 Å². The van der Waals surface area contributed by atoms with Crippen molar-refractivity contribution in [3.05, 3.63) is 11.5 Å². The Kier molecular flexibility index (Phi) is 4.02. The fourth-order valence-electron chi connectivity index (χ4n) is 1.41. The summed E-state index contributed by atoms with van der Waals surface area (Å²) in [5, 5.41) is 6.49. The molecule has 0 aliphatic carbocycles. The van der Waals surface area contributed by atoms with Gasteiger partial charge in [0.2, 0.25) is 0 Å². The number of thioether (sulfide) groups is 1. The summed E-state index contributed by atoms with van der Waals surface area (Å²) in [6.07, 6.45) is 4.91. The Balaban J connectivity index is 2.30. The highest BCUT2D eigenvalue weighted by molar-refractivity contribution is 8.03.